The number of hydrogen-bond acceptors (Lipinski definition) is 2. The van der Waals surface area contributed by atoms with E-state index in [0.717, 1.165) is 12.0 Å². The fraction of sp³-hybridized carbons (Fsp3) is 1.00. The quantitative estimate of drug-likeness (QED) is 0.644. The SMILES string of the molecule is NC1CCCCCC2CNC(CCC1)C2. The molecular formula is C13H26N2. The largest absolute Gasteiger partial charge is 0.328 e. The molecule has 0 aromatic heterocycles. The van der Waals surface area contributed by atoms with Crippen molar-refractivity contribution in [1.82, 2.24) is 5.32 Å². The van der Waals surface area contributed by atoms with Crippen LogP contribution in [0.25, 0.3) is 0 Å². The Labute approximate surface area is 94.0 Å². The highest BCUT2D eigenvalue weighted by Crippen LogP contribution is 2.24. The van der Waals surface area contributed by atoms with E-state index in [0.29, 0.717) is 6.04 Å². The lowest BCUT2D eigenvalue weighted by atomic mass is 9.93. The van der Waals surface area contributed by atoms with Crippen molar-refractivity contribution in [2.75, 3.05) is 6.54 Å². The zero-order valence-corrected chi connectivity index (χ0v) is 9.88. The molecule has 1 aliphatic carbocycles. The van der Waals surface area contributed by atoms with Gasteiger partial charge >= 0.3 is 0 Å². The van der Waals surface area contributed by atoms with Gasteiger partial charge in [0.15, 0.2) is 0 Å². The van der Waals surface area contributed by atoms with Crippen LogP contribution >= 0.6 is 0 Å². The van der Waals surface area contributed by atoms with Crippen molar-refractivity contribution in [2.45, 2.75) is 69.9 Å². The third-order valence-corrected chi connectivity index (χ3v) is 4.13. The molecule has 2 bridgehead atoms. The summed E-state index contributed by atoms with van der Waals surface area (Å²) in [4.78, 5) is 0. The van der Waals surface area contributed by atoms with Gasteiger partial charge in [-0.05, 0) is 44.6 Å². The van der Waals surface area contributed by atoms with Crippen LogP contribution in [0.5, 0.6) is 0 Å². The van der Waals surface area contributed by atoms with Crippen molar-refractivity contribution >= 4 is 0 Å². The average molecular weight is 210 g/mol. The van der Waals surface area contributed by atoms with Gasteiger partial charge in [0.1, 0.15) is 0 Å². The maximum Gasteiger partial charge on any atom is 0.00703 e. The minimum atomic E-state index is 0.474. The predicted molar refractivity (Wildman–Crippen MR) is 64.8 cm³/mol. The molecule has 1 aliphatic heterocycles. The molecule has 1 saturated carbocycles. The zero-order chi connectivity index (χ0) is 10.5. The van der Waals surface area contributed by atoms with Crippen molar-refractivity contribution in [3.63, 3.8) is 0 Å². The molecule has 3 N–H and O–H groups in total. The lowest BCUT2D eigenvalue weighted by Gasteiger charge is -2.15. The van der Waals surface area contributed by atoms with Crippen LogP contribution in [0.1, 0.15) is 57.8 Å². The third-order valence-electron chi connectivity index (χ3n) is 4.13. The molecule has 1 saturated heterocycles. The second-order valence-electron chi connectivity index (χ2n) is 5.54. The summed E-state index contributed by atoms with van der Waals surface area (Å²) in [5.41, 5.74) is 6.09. The van der Waals surface area contributed by atoms with Crippen molar-refractivity contribution in [1.29, 1.82) is 0 Å². The normalized spacial score (nSPS) is 39.4. The number of hydrogen-bond donors (Lipinski definition) is 2. The fourth-order valence-electron chi connectivity index (χ4n) is 3.13. The highest BCUT2D eigenvalue weighted by molar-refractivity contribution is 4.82. The molecule has 0 spiro atoms. The molecule has 2 aliphatic rings. The van der Waals surface area contributed by atoms with Crippen molar-refractivity contribution in [2.24, 2.45) is 11.7 Å². The summed E-state index contributed by atoms with van der Waals surface area (Å²) < 4.78 is 0. The van der Waals surface area contributed by atoms with E-state index < -0.39 is 0 Å². The van der Waals surface area contributed by atoms with E-state index in [1.807, 2.05) is 0 Å². The Morgan fingerprint density at radius 2 is 1.67 bits per heavy atom. The van der Waals surface area contributed by atoms with Crippen LogP contribution in [0.3, 0.4) is 0 Å². The Balaban J connectivity index is 1.79. The van der Waals surface area contributed by atoms with Crippen LogP contribution in [0.4, 0.5) is 0 Å². The minimum absolute atomic E-state index is 0.474. The molecular weight excluding hydrogens is 184 g/mol. The summed E-state index contributed by atoms with van der Waals surface area (Å²) in [6, 6.07) is 1.28. The molecule has 2 heteroatoms. The first-order valence-electron chi connectivity index (χ1n) is 6.83. The number of fused-ring (bicyclic) bond motifs is 2. The van der Waals surface area contributed by atoms with Gasteiger partial charge < -0.3 is 11.1 Å². The zero-order valence-electron chi connectivity index (χ0n) is 9.88. The van der Waals surface area contributed by atoms with Gasteiger partial charge in [-0.2, -0.15) is 0 Å². The monoisotopic (exact) mass is 210 g/mol. The van der Waals surface area contributed by atoms with Crippen molar-refractivity contribution in [3.8, 4) is 0 Å². The van der Waals surface area contributed by atoms with Gasteiger partial charge in [0.25, 0.3) is 0 Å². The summed E-state index contributed by atoms with van der Waals surface area (Å²) in [5.74, 6) is 0.975. The van der Waals surface area contributed by atoms with E-state index in [2.05, 4.69) is 5.32 Å². The predicted octanol–water partition coefficient (Wildman–Crippen LogP) is 2.43. The fourth-order valence-corrected chi connectivity index (χ4v) is 3.13. The topological polar surface area (TPSA) is 38.0 Å². The Hall–Kier alpha value is -0.0800. The molecule has 15 heavy (non-hydrogen) atoms. The Bertz CT molecular complexity index is 181. The van der Waals surface area contributed by atoms with E-state index in [-0.39, 0.29) is 0 Å². The number of nitrogens with one attached hydrogen (secondary N) is 1. The van der Waals surface area contributed by atoms with Gasteiger partial charge in [0.05, 0.1) is 0 Å². The van der Waals surface area contributed by atoms with Gasteiger partial charge in [0.2, 0.25) is 0 Å². The van der Waals surface area contributed by atoms with Crippen LogP contribution in [-0.4, -0.2) is 18.6 Å². The molecule has 0 aromatic rings. The Morgan fingerprint density at radius 1 is 0.867 bits per heavy atom. The molecule has 0 aromatic carbocycles. The first kappa shape index (κ1) is 11.4. The maximum absolute atomic E-state index is 6.09. The first-order valence-corrected chi connectivity index (χ1v) is 6.83. The lowest BCUT2D eigenvalue weighted by molar-refractivity contribution is 0.424. The molecule has 3 atom stereocenters. The van der Waals surface area contributed by atoms with E-state index >= 15 is 0 Å². The smallest absolute Gasteiger partial charge is 0.00703 e. The van der Waals surface area contributed by atoms with Crippen LogP contribution < -0.4 is 11.1 Å². The lowest BCUT2D eigenvalue weighted by Crippen LogP contribution is -2.23. The highest BCUT2D eigenvalue weighted by atomic mass is 14.9. The van der Waals surface area contributed by atoms with Crippen LogP contribution in [-0.2, 0) is 0 Å². The Kier molecular flexibility index (Phi) is 4.45. The summed E-state index contributed by atoms with van der Waals surface area (Å²) >= 11 is 0. The van der Waals surface area contributed by atoms with Crippen LogP contribution in [0, 0.1) is 5.92 Å². The van der Waals surface area contributed by atoms with E-state index in [4.69, 9.17) is 5.73 Å². The molecule has 1 heterocycles. The van der Waals surface area contributed by atoms with Crippen molar-refractivity contribution < 1.29 is 0 Å². The molecule has 2 nitrogen and oxygen atoms in total. The number of rotatable bonds is 0. The average Bonchev–Trinajstić information content (AvgIpc) is 2.64. The van der Waals surface area contributed by atoms with E-state index in [1.165, 1.54) is 64.3 Å². The van der Waals surface area contributed by atoms with E-state index in [9.17, 15) is 0 Å². The van der Waals surface area contributed by atoms with Crippen LogP contribution in [0.15, 0.2) is 0 Å². The summed E-state index contributed by atoms with van der Waals surface area (Å²) in [6.45, 7) is 1.27. The second kappa shape index (κ2) is 5.86. The van der Waals surface area contributed by atoms with E-state index in [1.54, 1.807) is 0 Å². The molecule has 0 amide bonds. The highest BCUT2D eigenvalue weighted by Gasteiger charge is 2.23. The minimum Gasteiger partial charge on any atom is -0.328 e. The van der Waals surface area contributed by atoms with Crippen LogP contribution in [0.2, 0.25) is 0 Å². The summed E-state index contributed by atoms with van der Waals surface area (Å²) in [7, 11) is 0. The van der Waals surface area contributed by atoms with Gasteiger partial charge in [0, 0.05) is 12.1 Å². The van der Waals surface area contributed by atoms with Gasteiger partial charge in [-0.1, -0.05) is 25.7 Å². The first-order chi connectivity index (χ1) is 7.34. The Morgan fingerprint density at radius 3 is 2.60 bits per heavy atom. The molecule has 88 valence electrons. The van der Waals surface area contributed by atoms with Crippen molar-refractivity contribution in [3.05, 3.63) is 0 Å². The molecule has 2 rings (SSSR count). The molecule has 3 unspecified atom stereocenters. The maximum atomic E-state index is 6.09. The standard InChI is InChI=1S/C13H26N2/c14-12-6-3-1-2-5-11-9-13(15-10-11)8-4-7-12/h11-13,15H,1-10,14H2. The summed E-state index contributed by atoms with van der Waals surface area (Å²) in [5, 5.41) is 3.67. The molecule has 0 radical (unpaired) electrons. The molecule has 2 fully saturated rings. The summed E-state index contributed by atoms with van der Waals surface area (Å²) in [6.07, 6.45) is 12.2. The van der Waals surface area contributed by atoms with Gasteiger partial charge in [-0.3, -0.25) is 0 Å². The third kappa shape index (κ3) is 3.76. The van der Waals surface area contributed by atoms with Gasteiger partial charge in [-0.15, -0.1) is 0 Å². The number of nitrogens with two attached hydrogens (primary N) is 1. The van der Waals surface area contributed by atoms with Gasteiger partial charge in [-0.25, -0.2) is 0 Å². The second-order valence-corrected chi connectivity index (χ2v) is 5.54.